The number of hydrogen-bond donors (Lipinski definition) is 2. The van der Waals surface area contributed by atoms with Crippen molar-refractivity contribution in [1.29, 1.82) is 0 Å². The molecule has 2 saturated carbocycles. The zero-order valence-electron chi connectivity index (χ0n) is 14.0. The number of amides is 1. The molecule has 2 aliphatic carbocycles. The maximum absolute atomic E-state index is 12.3. The average molecular weight is 337 g/mol. The van der Waals surface area contributed by atoms with E-state index in [-0.39, 0.29) is 12.3 Å². The molecule has 1 amide bonds. The van der Waals surface area contributed by atoms with E-state index < -0.39 is 17.6 Å². The fourth-order valence-electron chi connectivity index (χ4n) is 2.47. The summed E-state index contributed by atoms with van der Waals surface area (Å²) in [5.41, 5.74) is -0.256. The van der Waals surface area contributed by atoms with Gasteiger partial charge in [-0.15, -0.1) is 0 Å². The van der Waals surface area contributed by atoms with Gasteiger partial charge in [0.25, 0.3) is 5.91 Å². The second kappa shape index (κ2) is 7.01. The lowest BCUT2D eigenvalue weighted by Gasteiger charge is -2.13. The Balaban J connectivity index is 1.60. The molecule has 0 bridgehead atoms. The lowest BCUT2D eigenvalue weighted by Crippen LogP contribution is -2.38. The number of nitrogens with one attached hydrogen (secondary N) is 1. The molecule has 1 aromatic carbocycles. The standard InChI is InChI=1S/C20H19NO4/c1-25-18(22)12-17-13-20(17,24)21-19(23)16-8-4-7-15(11-16)6-3-2-5-14-9-10-14/h4,7-8,11,14,17,24H,9-10,12-13H2,1H3,(H,21,23). The molecule has 128 valence electrons. The van der Waals surface area contributed by atoms with Crippen molar-refractivity contribution in [3.63, 3.8) is 0 Å². The van der Waals surface area contributed by atoms with E-state index in [4.69, 9.17) is 0 Å². The Morgan fingerprint density at radius 1 is 1.36 bits per heavy atom. The number of ether oxygens (including phenoxy) is 1. The maximum atomic E-state index is 12.3. The first-order valence-corrected chi connectivity index (χ1v) is 8.23. The van der Waals surface area contributed by atoms with Crippen LogP contribution in [0.5, 0.6) is 0 Å². The van der Waals surface area contributed by atoms with Crippen LogP contribution in [-0.4, -0.2) is 29.8 Å². The molecular weight excluding hydrogens is 318 g/mol. The van der Waals surface area contributed by atoms with E-state index in [1.807, 2.05) is 0 Å². The van der Waals surface area contributed by atoms with E-state index in [9.17, 15) is 14.7 Å². The molecule has 5 heteroatoms. The van der Waals surface area contributed by atoms with Gasteiger partial charge in [-0.25, -0.2) is 0 Å². The maximum Gasteiger partial charge on any atom is 0.305 e. The molecule has 2 N–H and O–H groups in total. The number of methoxy groups -OCH3 is 1. The van der Waals surface area contributed by atoms with E-state index in [0.717, 1.165) is 12.8 Å². The van der Waals surface area contributed by atoms with Crippen molar-refractivity contribution < 1.29 is 19.4 Å². The van der Waals surface area contributed by atoms with Gasteiger partial charge in [-0.2, -0.15) is 0 Å². The molecule has 2 fully saturated rings. The van der Waals surface area contributed by atoms with Crippen molar-refractivity contribution in [3.8, 4) is 23.7 Å². The second-order valence-electron chi connectivity index (χ2n) is 6.43. The predicted octanol–water partition coefficient (Wildman–Crippen LogP) is 1.45. The SMILES string of the molecule is COC(=O)CC1CC1(O)NC(=O)c1cccc(C#CC#CC2CC2)c1. The number of hydrogen-bond acceptors (Lipinski definition) is 4. The third-order valence-electron chi connectivity index (χ3n) is 4.29. The molecule has 0 saturated heterocycles. The number of aliphatic hydroxyl groups is 1. The quantitative estimate of drug-likeness (QED) is 0.495. The second-order valence-corrected chi connectivity index (χ2v) is 6.43. The van der Waals surface area contributed by atoms with Crippen LogP contribution in [0.4, 0.5) is 0 Å². The van der Waals surface area contributed by atoms with Gasteiger partial charge in [0, 0.05) is 29.4 Å². The topological polar surface area (TPSA) is 75.6 Å². The lowest BCUT2D eigenvalue weighted by atomic mass is 10.1. The Labute approximate surface area is 146 Å². The minimum atomic E-state index is -1.34. The molecule has 3 rings (SSSR count). The van der Waals surface area contributed by atoms with Crippen LogP contribution >= 0.6 is 0 Å². The van der Waals surface area contributed by atoms with Crippen LogP contribution < -0.4 is 5.32 Å². The molecule has 0 spiro atoms. The number of carbonyl (C=O) groups is 2. The fraction of sp³-hybridized carbons (Fsp3) is 0.400. The first kappa shape index (κ1) is 17.1. The van der Waals surface area contributed by atoms with E-state index in [1.165, 1.54) is 7.11 Å². The Hall–Kier alpha value is -2.76. The largest absolute Gasteiger partial charge is 0.469 e. The first-order valence-electron chi connectivity index (χ1n) is 8.23. The third kappa shape index (κ3) is 4.62. The zero-order chi connectivity index (χ0) is 17.9. The Bertz CT molecular complexity index is 819. The predicted molar refractivity (Wildman–Crippen MR) is 91.0 cm³/mol. The van der Waals surface area contributed by atoms with Crippen LogP contribution in [0.15, 0.2) is 24.3 Å². The Kier molecular flexibility index (Phi) is 4.79. The van der Waals surface area contributed by atoms with Crippen LogP contribution in [0.25, 0.3) is 0 Å². The molecule has 2 aliphatic rings. The minimum absolute atomic E-state index is 0.0818. The molecule has 2 atom stereocenters. The van der Waals surface area contributed by atoms with E-state index >= 15 is 0 Å². The van der Waals surface area contributed by atoms with Crippen molar-refractivity contribution in [2.24, 2.45) is 11.8 Å². The molecule has 0 radical (unpaired) electrons. The summed E-state index contributed by atoms with van der Waals surface area (Å²) >= 11 is 0. The molecule has 2 unspecified atom stereocenters. The normalized spacial score (nSPS) is 23.4. The van der Waals surface area contributed by atoms with E-state index in [1.54, 1.807) is 24.3 Å². The van der Waals surface area contributed by atoms with Crippen molar-refractivity contribution in [2.75, 3.05) is 7.11 Å². The summed E-state index contributed by atoms with van der Waals surface area (Å²) in [6, 6.07) is 6.84. The molecular formula is C20H19NO4. The molecule has 0 heterocycles. The van der Waals surface area contributed by atoms with E-state index in [2.05, 4.69) is 33.7 Å². The number of carbonyl (C=O) groups excluding carboxylic acids is 2. The summed E-state index contributed by atoms with van der Waals surface area (Å²) in [7, 11) is 1.30. The van der Waals surface area contributed by atoms with Gasteiger partial charge >= 0.3 is 5.97 Å². The summed E-state index contributed by atoms with van der Waals surface area (Å²) in [6.45, 7) is 0. The third-order valence-corrected chi connectivity index (χ3v) is 4.29. The van der Waals surface area contributed by atoms with Gasteiger partial charge in [-0.1, -0.05) is 17.9 Å². The molecule has 5 nitrogen and oxygen atoms in total. The van der Waals surface area contributed by atoms with Crippen molar-refractivity contribution in [3.05, 3.63) is 35.4 Å². The summed E-state index contributed by atoms with van der Waals surface area (Å²) in [6.07, 6.45) is 2.73. The van der Waals surface area contributed by atoms with Gasteiger partial charge in [-0.3, -0.25) is 9.59 Å². The van der Waals surface area contributed by atoms with Gasteiger partial charge in [0.05, 0.1) is 13.5 Å². The van der Waals surface area contributed by atoms with Gasteiger partial charge in [0.15, 0.2) is 0 Å². The highest BCUT2D eigenvalue weighted by molar-refractivity contribution is 5.95. The van der Waals surface area contributed by atoms with Gasteiger partial charge in [-0.05, 0) is 42.9 Å². The highest BCUT2D eigenvalue weighted by Gasteiger charge is 2.55. The minimum Gasteiger partial charge on any atom is -0.469 e. The summed E-state index contributed by atoms with van der Waals surface area (Å²) in [5, 5.41) is 12.9. The molecule has 0 aromatic heterocycles. The molecule has 1 aromatic rings. The van der Waals surface area contributed by atoms with Crippen molar-refractivity contribution >= 4 is 11.9 Å². The summed E-state index contributed by atoms with van der Waals surface area (Å²) < 4.78 is 4.58. The van der Waals surface area contributed by atoms with Crippen LogP contribution in [-0.2, 0) is 9.53 Å². The molecule has 0 aliphatic heterocycles. The van der Waals surface area contributed by atoms with Crippen molar-refractivity contribution in [1.82, 2.24) is 5.32 Å². The van der Waals surface area contributed by atoms with Gasteiger partial charge < -0.3 is 15.2 Å². The highest BCUT2D eigenvalue weighted by Crippen LogP contribution is 2.43. The van der Waals surface area contributed by atoms with Gasteiger partial charge in [0.1, 0.15) is 5.72 Å². The summed E-state index contributed by atoms with van der Waals surface area (Å²) in [5.74, 6) is 11.0. The number of benzene rings is 1. The Morgan fingerprint density at radius 2 is 2.16 bits per heavy atom. The van der Waals surface area contributed by atoms with Crippen LogP contribution in [0.1, 0.15) is 41.6 Å². The number of esters is 1. The first-order chi connectivity index (χ1) is 12.0. The summed E-state index contributed by atoms with van der Waals surface area (Å²) in [4.78, 5) is 23.6. The van der Waals surface area contributed by atoms with Crippen LogP contribution in [0.3, 0.4) is 0 Å². The smallest absolute Gasteiger partial charge is 0.305 e. The van der Waals surface area contributed by atoms with Gasteiger partial charge in [0.2, 0.25) is 0 Å². The van der Waals surface area contributed by atoms with Crippen LogP contribution in [0, 0.1) is 35.5 Å². The highest BCUT2D eigenvalue weighted by atomic mass is 16.5. The Morgan fingerprint density at radius 3 is 2.88 bits per heavy atom. The lowest BCUT2D eigenvalue weighted by molar-refractivity contribution is -0.141. The van der Waals surface area contributed by atoms with Crippen LogP contribution in [0.2, 0.25) is 0 Å². The monoisotopic (exact) mass is 337 g/mol. The number of rotatable bonds is 4. The fourth-order valence-corrected chi connectivity index (χ4v) is 2.47. The van der Waals surface area contributed by atoms with Crippen molar-refractivity contribution in [2.45, 2.75) is 31.4 Å². The average Bonchev–Trinajstić information content (AvgIpc) is 3.51. The zero-order valence-corrected chi connectivity index (χ0v) is 14.0. The van der Waals surface area contributed by atoms with E-state index in [0.29, 0.717) is 23.5 Å². The molecule has 25 heavy (non-hydrogen) atoms.